The molecule has 0 aliphatic rings. The summed E-state index contributed by atoms with van der Waals surface area (Å²) in [4.78, 5) is 4.13. The molecule has 0 aliphatic carbocycles. The van der Waals surface area contributed by atoms with Gasteiger partial charge in [0.05, 0.1) is 6.20 Å². The van der Waals surface area contributed by atoms with Crippen molar-refractivity contribution < 1.29 is 0 Å². The maximum absolute atomic E-state index is 5.75. The Morgan fingerprint density at radius 3 is 2.69 bits per heavy atom. The van der Waals surface area contributed by atoms with Crippen LogP contribution in [0.3, 0.4) is 0 Å². The molecule has 1 N–H and O–H groups in total. The number of halogens is 1. The first-order valence-corrected chi connectivity index (χ1v) is 9.23. The molecule has 1 heterocycles. The summed E-state index contributed by atoms with van der Waals surface area (Å²) >= 11 is 7.25. The van der Waals surface area contributed by atoms with Crippen molar-refractivity contribution >= 4 is 36.1 Å². The second kappa shape index (κ2) is 4.44. The van der Waals surface area contributed by atoms with Crippen LogP contribution in [-0.4, -0.2) is 19.6 Å². The SMILES string of the molecule is C[Si](C)(C)CCNc1ncc(Cl)s1. The second-order valence-electron chi connectivity index (χ2n) is 4.21. The van der Waals surface area contributed by atoms with Crippen molar-refractivity contribution in [3.05, 3.63) is 10.5 Å². The molecule has 1 aromatic heterocycles. The molecule has 0 amide bonds. The quantitative estimate of drug-likeness (QED) is 0.807. The first kappa shape index (κ1) is 11.0. The van der Waals surface area contributed by atoms with Crippen LogP contribution in [0.4, 0.5) is 5.13 Å². The molecule has 0 bridgehead atoms. The molecule has 2 nitrogen and oxygen atoms in total. The highest BCUT2D eigenvalue weighted by molar-refractivity contribution is 7.19. The van der Waals surface area contributed by atoms with E-state index in [9.17, 15) is 0 Å². The Hall–Kier alpha value is -0.0631. The molecule has 1 aromatic rings. The second-order valence-corrected chi connectivity index (χ2v) is 11.5. The minimum absolute atomic E-state index is 0.746. The molecule has 0 radical (unpaired) electrons. The van der Waals surface area contributed by atoms with Gasteiger partial charge in [-0.25, -0.2) is 4.98 Å². The highest BCUT2D eigenvalue weighted by Gasteiger charge is 2.12. The van der Waals surface area contributed by atoms with Crippen LogP contribution in [0, 0.1) is 0 Å². The van der Waals surface area contributed by atoms with Crippen LogP contribution < -0.4 is 5.32 Å². The van der Waals surface area contributed by atoms with Gasteiger partial charge in [0.25, 0.3) is 0 Å². The van der Waals surface area contributed by atoms with Crippen molar-refractivity contribution in [1.82, 2.24) is 4.98 Å². The zero-order chi connectivity index (χ0) is 9.90. The fourth-order valence-electron chi connectivity index (χ4n) is 0.881. The van der Waals surface area contributed by atoms with E-state index in [1.165, 1.54) is 17.4 Å². The van der Waals surface area contributed by atoms with Crippen molar-refractivity contribution in [2.45, 2.75) is 25.7 Å². The summed E-state index contributed by atoms with van der Waals surface area (Å²) in [5.41, 5.74) is 0. The monoisotopic (exact) mass is 234 g/mol. The minimum atomic E-state index is -0.923. The Balaban J connectivity index is 2.28. The van der Waals surface area contributed by atoms with Crippen LogP contribution in [-0.2, 0) is 0 Å². The molecule has 5 heteroatoms. The van der Waals surface area contributed by atoms with Crippen molar-refractivity contribution in [3.8, 4) is 0 Å². The van der Waals surface area contributed by atoms with Gasteiger partial charge in [-0.1, -0.05) is 42.6 Å². The molecule has 13 heavy (non-hydrogen) atoms. The number of hydrogen-bond donors (Lipinski definition) is 1. The average molecular weight is 235 g/mol. The van der Waals surface area contributed by atoms with Gasteiger partial charge in [-0.05, 0) is 6.04 Å². The van der Waals surface area contributed by atoms with Gasteiger partial charge in [0.1, 0.15) is 4.34 Å². The Kier molecular flexibility index (Phi) is 3.76. The van der Waals surface area contributed by atoms with E-state index in [-0.39, 0.29) is 0 Å². The normalized spacial score (nSPS) is 11.7. The maximum Gasteiger partial charge on any atom is 0.184 e. The van der Waals surface area contributed by atoms with E-state index >= 15 is 0 Å². The highest BCUT2D eigenvalue weighted by Crippen LogP contribution is 2.22. The van der Waals surface area contributed by atoms with Crippen LogP contribution in [0.25, 0.3) is 0 Å². The molecule has 0 saturated carbocycles. The van der Waals surface area contributed by atoms with Crippen molar-refractivity contribution in [3.63, 3.8) is 0 Å². The molecule has 74 valence electrons. The van der Waals surface area contributed by atoms with Crippen molar-refractivity contribution in [1.29, 1.82) is 0 Å². The zero-order valence-corrected chi connectivity index (χ0v) is 10.8. The number of nitrogens with one attached hydrogen (secondary N) is 1. The smallest absolute Gasteiger partial charge is 0.184 e. The van der Waals surface area contributed by atoms with Crippen LogP contribution in [0.2, 0.25) is 30.0 Å². The number of nitrogens with zero attached hydrogens (tertiary/aromatic N) is 1. The van der Waals surface area contributed by atoms with Gasteiger partial charge < -0.3 is 5.32 Å². The maximum atomic E-state index is 5.75. The summed E-state index contributed by atoms with van der Waals surface area (Å²) in [5, 5.41) is 4.21. The Bertz CT molecular complexity index is 269. The average Bonchev–Trinajstić information content (AvgIpc) is 2.33. The molecule has 0 atom stereocenters. The third-order valence-electron chi connectivity index (χ3n) is 1.63. The molecule has 0 spiro atoms. The predicted molar refractivity (Wildman–Crippen MR) is 63.8 cm³/mol. The summed E-state index contributed by atoms with van der Waals surface area (Å²) in [6.07, 6.45) is 1.68. The lowest BCUT2D eigenvalue weighted by atomic mass is 10.7. The van der Waals surface area contributed by atoms with Crippen LogP contribution >= 0.6 is 22.9 Å². The predicted octanol–water partition coefficient (Wildman–Crippen LogP) is 3.55. The third kappa shape index (κ3) is 4.64. The fraction of sp³-hybridized carbons (Fsp3) is 0.625. The van der Waals surface area contributed by atoms with E-state index < -0.39 is 8.07 Å². The first-order chi connectivity index (χ1) is 5.97. The highest BCUT2D eigenvalue weighted by atomic mass is 35.5. The molecule has 0 aromatic carbocycles. The molecule has 0 unspecified atom stereocenters. The minimum Gasteiger partial charge on any atom is -0.362 e. The summed E-state index contributed by atoms with van der Waals surface area (Å²) < 4.78 is 0.746. The van der Waals surface area contributed by atoms with E-state index in [0.717, 1.165) is 16.0 Å². The summed E-state index contributed by atoms with van der Waals surface area (Å²) in [6, 6.07) is 1.27. The third-order valence-corrected chi connectivity index (χ3v) is 4.45. The topological polar surface area (TPSA) is 24.9 Å². The van der Waals surface area contributed by atoms with Crippen molar-refractivity contribution in [2.75, 3.05) is 11.9 Å². The molecule has 0 aliphatic heterocycles. The van der Waals surface area contributed by atoms with Gasteiger partial charge in [-0.3, -0.25) is 0 Å². The first-order valence-electron chi connectivity index (χ1n) is 4.32. The van der Waals surface area contributed by atoms with Crippen LogP contribution in [0.5, 0.6) is 0 Å². The number of anilines is 1. The number of aromatic nitrogens is 1. The van der Waals surface area contributed by atoms with E-state index in [4.69, 9.17) is 11.6 Å². The number of rotatable bonds is 4. The summed E-state index contributed by atoms with van der Waals surface area (Å²) in [5.74, 6) is 0. The van der Waals surface area contributed by atoms with Crippen LogP contribution in [0.1, 0.15) is 0 Å². The van der Waals surface area contributed by atoms with Gasteiger partial charge in [0.15, 0.2) is 5.13 Å². The summed E-state index contributed by atoms with van der Waals surface area (Å²) in [6.45, 7) is 8.11. The van der Waals surface area contributed by atoms with E-state index in [2.05, 4.69) is 29.9 Å². The Morgan fingerprint density at radius 1 is 1.54 bits per heavy atom. The van der Waals surface area contributed by atoms with E-state index in [1.807, 2.05) is 0 Å². The standard InChI is InChI=1S/C8H15ClN2SSi/c1-13(2,3)5-4-10-8-11-6-7(9)12-8/h6H,4-5H2,1-3H3,(H,10,11). The zero-order valence-electron chi connectivity index (χ0n) is 8.22. The lowest BCUT2D eigenvalue weighted by molar-refractivity contribution is 1.15. The molecule has 0 fully saturated rings. The van der Waals surface area contributed by atoms with Crippen LogP contribution in [0.15, 0.2) is 6.20 Å². The van der Waals surface area contributed by atoms with E-state index in [0.29, 0.717) is 0 Å². The van der Waals surface area contributed by atoms with E-state index in [1.54, 1.807) is 6.20 Å². The summed E-state index contributed by atoms with van der Waals surface area (Å²) in [7, 11) is -0.923. The van der Waals surface area contributed by atoms with Gasteiger partial charge in [0, 0.05) is 14.6 Å². The molecular formula is C8H15ClN2SSi. The number of thiazole rings is 1. The van der Waals surface area contributed by atoms with Gasteiger partial charge in [-0.15, -0.1) is 0 Å². The molecular weight excluding hydrogens is 220 g/mol. The Morgan fingerprint density at radius 2 is 2.23 bits per heavy atom. The lowest BCUT2D eigenvalue weighted by Crippen LogP contribution is -2.23. The van der Waals surface area contributed by atoms with Gasteiger partial charge in [0.2, 0.25) is 0 Å². The van der Waals surface area contributed by atoms with Crippen molar-refractivity contribution in [2.24, 2.45) is 0 Å². The Labute approximate surface area is 89.4 Å². The fourth-order valence-corrected chi connectivity index (χ4v) is 2.59. The molecule has 1 rings (SSSR count). The van der Waals surface area contributed by atoms with Gasteiger partial charge >= 0.3 is 0 Å². The molecule has 0 saturated heterocycles. The number of hydrogen-bond acceptors (Lipinski definition) is 3. The lowest BCUT2D eigenvalue weighted by Gasteiger charge is -2.15. The largest absolute Gasteiger partial charge is 0.362 e. The van der Waals surface area contributed by atoms with Gasteiger partial charge in [-0.2, -0.15) is 0 Å².